The first-order valence-corrected chi connectivity index (χ1v) is 9.90. The molecule has 0 spiro atoms. The average Bonchev–Trinajstić information content (AvgIpc) is 2.64. The molecule has 7 heteroatoms. The lowest BCUT2D eigenvalue weighted by Gasteiger charge is -2.36. The fraction of sp³-hybridized carbons (Fsp3) is 0.571. The standard InChI is InChI=1S/C21H33N5O2/c1-6-22-20(26-12-10-25(11-13-26)16(2)27)23-15-17-8-7-9-18(14-17)19(28)24-21(3,4)5/h7-9,14H,6,10-13,15H2,1-5H3,(H,22,23)(H,24,28). The fourth-order valence-corrected chi connectivity index (χ4v) is 3.05. The van der Waals surface area contributed by atoms with Gasteiger partial charge in [-0.15, -0.1) is 0 Å². The van der Waals surface area contributed by atoms with Gasteiger partial charge in [-0.2, -0.15) is 0 Å². The topological polar surface area (TPSA) is 77.0 Å². The number of guanidine groups is 1. The van der Waals surface area contributed by atoms with Crippen molar-refractivity contribution in [2.75, 3.05) is 32.7 Å². The Kier molecular flexibility index (Phi) is 7.43. The summed E-state index contributed by atoms with van der Waals surface area (Å²) in [5, 5.41) is 6.31. The van der Waals surface area contributed by atoms with Gasteiger partial charge in [-0.05, 0) is 45.4 Å². The lowest BCUT2D eigenvalue weighted by Crippen LogP contribution is -2.53. The molecule has 0 aromatic heterocycles. The van der Waals surface area contributed by atoms with E-state index in [-0.39, 0.29) is 17.4 Å². The highest BCUT2D eigenvalue weighted by Crippen LogP contribution is 2.10. The molecule has 1 saturated heterocycles. The van der Waals surface area contributed by atoms with E-state index in [2.05, 4.69) is 15.5 Å². The predicted molar refractivity (Wildman–Crippen MR) is 112 cm³/mol. The van der Waals surface area contributed by atoms with E-state index in [9.17, 15) is 9.59 Å². The first-order chi connectivity index (χ1) is 13.2. The summed E-state index contributed by atoms with van der Waals surface area (Å²) in [7, 11) is 0. The number of benzene rings is 1. The van der Waals surface area contributed by atoms with Crippen molar-refractivity contribution in [1.82, 2.24) is 20.4 Å². The third-order valence-corrected chi connectivity index (χ3v) is 4.45. The molecule has 0 bridgehead atoms. The highest BCUT2D eigenvalue weighted by molar-refractivity contribution is 5.94. The molecule has 0 atom stereocenters. The number of hydrogen-bond donors (Lipinski definition) is 2. The van der Waals surface area contributed by atoms with Crippen LogP contribution in [0.2, 0.25) is 0 Å². The molecule has 1 fully saturated rings. The van der Waals surface area contributed by atoms with E-state index in [0.717, 1.165) is 31.2 Å². The number of hydrogen-bond acceptors (Lipinski definition) is 3. The molecule has 2 rings (SSSR count). The fourth-order valence-electron chi connectivity index (χ4n) is 3.05. The molecule has 2 N–H and O–H groups in total. The number of aliphatic imine (C=N–C) groups is 1. The largest absolute Gasteiger partial charge is 0.357 e. The molecular weight excluding hydrogens is 354 g/mol. The van der Waals surface area contributed by atoms with Gasteiger partial charge in [0.25, 0.3) is 5.91 Å². The maximum Gasteiger partial charge on any atom is 0.251 e. The van der Waals surface area contributed by atoms with Crippen molar-refractivity contribution in [1.29, 1.82) is 0 Å². The van der Waals surface area contributed by atoms with E-state index >= 15 is 0 Å². The van der Waals surface area contributed by atoms with Crippen LogP contribution in [0.25, 0.3) is 0 Å². The summed E-state index contributed by atoms with van der Waals surface area (Å²) in [6.07, 6.45) is 0. The first kappa shape index (κ1) is 21.7. The van der Waals surface area contributed by atoms with E-state index in [1.54, 1.807) is 6.92 Å². The maximum absolute atomic E-state index is 12.4. The van der Waals surface area contributed by atoms with Crippen molar-refractivity contribution >= 4 is 17.8 Å². The minimum atomic E-state index is -0.272. The zero-order valence-corrected chi connectivity index (χ0v) is 17.7. The third-order valence-electron chi connectivity index (χ3n) is 4.45. The SMILES string of the molecule is CCNC(=NCc1cccc(C(=O)NC(C)(C)C)c1)N1CCN(C(C)=O)CC1. The van der Waals surface area contributed by atoms with Gasteiger partial charge in [-0.3, -0.25) is 9.59 Å². The second-order valence-corrected chi connectivity index (χ2v) is 8.07. The molecule has 28 heavy (non-hydrogen) atoms. The summed E-state index contributed by atoms with van der Waals surface area (Å²) in [6, 6.07) is 7.58. The molecule has 154 valence electrons. The number of rotatable bonds is 4. The van der Waals surface area contributed by atoms with Crippen molar-refractivity contribution in [3.05, 3.63) is 35.4 Å². The highest BCUT2D eigenvalue weighted by atomic mass is 16.2. The molecular formula is C21H33N5O2. The molecule has 0 aliphatic carbocycles. The second kappa shape index (κ2) is 9.57. The second-order valence-electron chi connectivity index (χ2n) is 8.07. The summed E-state index contributed by atoms with van der Waals surface area (Å²) in [5.41, 5.74) is 1.35. The van der Waals surface area contributed by atoms with Crippen molar-refractivity contribution in [2.24, 2.45) is 4.99 Å². The van der Waals surface area contributed by atoms with Crippen LogP contribution < -0.4 is 10.6 Å². The molecule has 0 saturated carbocycles. The van der Waals surface area contributed by atoms with Crippen LogP contribution in [0.3, 0.4) is 0 Å². The van der Waals surface area contributed by atoms with Crippen LogP contribution in [0.5, 0.6) is 0 Å². The van der Waals surface area contributed by atoms with Crippen LogP contribution in [0.15, 0.2) is 29.3 Å². The number of nitrogens with zero attached hydrogens (tertiary/aromatic N) is 3. The number of amides is 2. The van der Waals surface area contributed by atoms with Gasteiger partial charge in [-0.25, -0.2) is 4.99 Å². The Hall–Kier alpha value is -2.57. The lowest BCUT2D eigenvalue weighted by atomic mass is 10.1. The van der Waals surface area contributed by atoms with Crippen molar-refractivity contribution in [3.8, 4) is 0 Å². The summed E-state index contributed by atoms with van der Waals surface area (Å²) in [6.45, 7) is 13.8. The Bertz CT molecular complexity index is 716. The zero-order valence-electron chi connectivity index (χ0n) is 17.7. The summed E-state index contributed by atoms with van der Waals surface area (Å²) in [4.78, 5) is 32.7. The highest BCUT2D eigenvalue weighted by Gasteiger charge is 2.21. The Balaban J connectivity index is 2.06. The van der Waals surface area contributed by atoms with Gasteiger partial charge in [0.1, 0.15) is 0 Å². The molecule has 0 unspecified atom stereocenters. The van der Waals surface area contributed by atoms with Gasteiger partial charge >= 0.3 is 0 Å². The minimum absolute atomic E-state index is 0.0782. The minimum Gasteiger partial charge on any atom is -0.357 e. The number of carbonyl (C=O) groups excluding carboxylic acids is 2. The number of nitrogens with one attached hydrogen (secondary N) is 2. The van der Waals surface area contributed by atoms with E-state index in [0.29, 0.717) is 25.2 Å². The van der Waals surface area contributed by atoms with E-state index in [1.807, 2.05) is 56.9 Å². The summed E-state index contributed by atoms with van der Waals surface area (Å²) < 4.78 is 0. The number of piperazine rings is 1. The van der Waals surface area contributed by atoms with Gasteiger partial charge < -0.3 is 20.4 Å². The zero-order chi connectivity index (χ0) is 20.7. The monoisotopic (exact) mass is 387 g/mol. The van der Waals surface area contributed by atoms with Gasteiger partial charge in [0.2, 0.25) is 5.91 Å². The van der Waals surface area contributed by atoms with Gasteiger partial charge in [0.05, 0.1) is 6.54 Å². The van der Waals surface area contributed by atoms with E-state index in [1.165, 1.54) is 0 Å². The normalized spacial score (nSPS) is 15.4. The van der Waals surface area contributed by atoms with E-state index in [4.69, 9.17) is 4.99 Å². The first-order valence-electron chi connectivity index (χ1n) is 9.90. The maximum atomic E-state index is 12.4. The van der Waals surface area contributed by atoms with Crippen LogP contribution in [0.4, 0.5) is 0 Å². The molecule has 2 amide bonds. The average molecular weight is 388 g/mol. The smallest absolute Gasteiger partial charge is 0.251 e. The van der Waals surface area contributed by atoms with Crippen molar-refractivity contribution < 1.29 is 9.59 Å². The molecule has 1 aromatic rings. The third kappa shape index (κ3) is 6.55. The van der Waals surface area contributed by atoms with Crippen LogP contribution in [0, 0.1) is 0 Å². The molecule has 0 radical (unpaired) electrons. The van der Waals surface area contributed by atoms with Gasteiger partial charge in [0.15, 0.2) is 5.96 Å². The van der Waals surface area contributed by atoms with Crippen molar-refractivity contribution in [3.63, 3.8) is 0 Å². The summed E-state index contributed by atoms with van der Waals surface area (Å²) in [5.74, 6) is 0.882. The van der Waals surface area contributed by atoms with Crippen molar-refractivity contribution in [2.45, 2.75) is 46.7 Å². The molecule has 1 aromatic carbocycles. The van der Waals surface area contributed by atoms with Crippen LogP contribution in [-0.2, 0) is 11.3 Å². The summed E-state index contributed by atoms with van der Waals surface area (Å²) >= 11 is 0. The lowest BCUT2D eigenvalue weighted by molar-refractivity contribution is -0.130. The number of carbonyl (C=O) groups is 2. The van der Waals surface area contributed by atoms with E-state index < -0.39 is 0 Å². The Morgan fingerprint density at radius 1 is 1.11 bits per heavy atom. The molecule has 1 aliphatic heterocycles. The predicted octanol–water partition coefficient (Wildman–Crippen LogP) is 1.84. The van der Waals surface area contributed by atoms with Gasteiger partial charge in [0, 0.05) is 50.7 Å². The van der Waals surface area contributed by atoms with Crippen LogP contribution in [-0.4, -0.2) is 65.8 Å². The Morgan fingerprint density at radius 2 is 1.75 bits per heavy atom. The molecule has 7 nitrogen and oxygen atoms in total. The molecule has 1 heterocycles. The Labute approximate surface area is 168 Å². The molecule has 1 aliphatic rings. The van der Waals surface area contributed by atoms with Crippen LogP contribution in [0.1, 0.15) is 50.5 Å². The quantitative estimate of drug-likeness (QED) is 0.611. The Morgan fingerprint density at radius 3 is 2.32 bits per heavy atom. The van der Waals surface area contributed by atoms with Gasteiger partial charge in [-0.1, -0.05) is 12.1 Å². The van der Waals surface area contributed by atoms with Crippen LogP contribution >= 0.6 is 0 Å².